The van der Waals surface area contributed by atoms with Crippen LogP contribution in [-0.2, 0) is 9.53 Å². The van der Waals surface area contributed by atoms with Gasteiger partial charge in [-0.15, -0.1) is 0 Å². The second-order valence-electron chi connectivity index (χ2n) is 4.05. The topological polar surface area (TPSA) is 63.2 Å². The third-order valence-electron chi connectivity index (χ3n) is 2.68. The van der Waals surface area contributed by atoms with Gasteiger partial charge in [-0.3, -0.25) is 9.78 Å². The number of nitrogens with one attached hydrogen (secondary N) is 2. The van der Waals surface area contributed by atoms with Crippen molar-refractivity contribution in [2.45, 2.75) is 18.9 Å². The normalized spacial score (nSPS) is 16.7. The lowest BCUT2D eigenvalue weighted by molar-refractivity contribution is -0.123. The van der Waals surface area contributed by atoms with Crippen LogP contribution >= 0.6 is 0 Å². The first-order chi connectivity index (χ1) is 8.34. The number of ether oxygens (including phenoxy) is 1. The number of pyridine rings is 1. The van der Waals surface area contributed by atoms with Crippen LogP contribution in [0.15, 0.2) is 24.5 Å². The molecule has 1 saturated heterocycles. The summed E-state index contributed by atoms with van der Waals surface area (Å²) >= 11 is 0. The first kappa shape index (κ1) is 12.0. The molecule has 2 heterocycles. The van der Waals surface area contributed by atoms with Crippen molar-refractivity contribution < 1.29 is 9.53 Å². The zero-order chi connectivity index (χ0) is 11.9. The Morgan fingerprint density at radius 2 is 2.35 bits per heavy atom. The van der Waals surface area contributed by atoms with Crippen LogP contribution in [0.25, 0.3) is 0 Å². The molecule has 5 nitrogen and oxygen atoms in total. The standard InChI is InChI=1S/C12H17N3O2/c16-12(15-10-2-1-5-14-8-10)9-17-11-3-6-13-7-4-11/h1-2,5,8,11,13H,3-4,6-7,9H2,(H,15,16). The van der Waals surface area contributed by atoms with Gasteiger partial charge in [-0.2, -0.15) is 0 Å². The molecular formula is C12H17N3O2. The largest absolute Gasteiger partial charge is 0.368 e. The Kier molecular flexibility index (Phi) is 4.46. The molecule has 2 N–H and O–H groups in total. The molecular weight excluding hydrogens is 218 g/mol. The van der Waals surface area contributed by atoms with Gasteiger partial charge in [0.05, 0.1) is 18.0 Å². The molecule has 0 radical (unpaired) electrons. The van der Waals surface area contributed by atoms with Crippen molar-refractivity contribution in [1.82, 2.24) is 10.3 Å². The van der Waals surface area contributed by atoms with Crippen molar-refractivity contribution in [2.24, 2.45) is 0 Å². The molecule has 1 amide bonds. The Labute approximate surface area is 101 Å². The molecule has 0 unspecified atom stereocenters. The number of hydrogen-bond donors (Lipinski definition) is 2. The maximum atomic E-state index is 11.6. The summed E-state index contributed by atoms with van der Waals surface area (Å²) in [6.45, 7) is 2.04. The summed E-state index contributed by atoms with van der Waals surface area (Å²) in [5.41, 5.74) is 0.700. The van der Waals surface area contributed by atoms with Gasteiger partial charge in [0.25, 0.3) is 0 Å². The summed E-state index contributed by atoms with van der Waals surface area (Å²) in [5, 5.41) is 5.99. The van der Waals surface area contributed by atoms with E-state index in [0.717, 1.165) is 25.9 Å². The summed E-state index contributed by atoms with van der Waals surface area (Å²) in [6, 6.07) is 3.58. The van der Waals surface area contributed by atoms with E-state index in [4.69, 9.17) is 4.74 Å². The Morgan fingerprint density at radius 1 is 1.53 bits per heavy atom. The summed E-state index contributed by atoms with van der Waals surface area (Å²) < 4.78 is 5.54. The summed E-state index contributed by atoms with van der Waals surface area (Å²) in [5.74, 6) is -0.128. The van der Waals surface area contributed by atoms with Gasteiger partial charge in [0.15, 0.2) is 0 Å². The van der Waals surface area contributed by atoms with Crippen LogP contribution in [0.2, 0.25) is 0 Å². The second-order valence-corrected chi connectivity index (χ2v) is 4.05. The molecule has 1 aromatic heterocycles. The molecule has 0 aromatic carbocycles. The van der Waals surface area contributed by atoms with Crippen molar-refractivity contribution in [2.75, 3.05) is 25.0 Å². The predicted octanol–water partition coefficient (Wildman–Crippen LogP) is 0.789. The number of carbonyl (C=O) groups is 1. The minimum Gasteiger partial charge on any atom is -0.368 e. The lowest BCUT2D eigenvalue weighted by atomic mass is 10.1. The van der Waals surface area contributed by atoms with E-state index in [1.165, 1.54) is 0 Å². The first-order valence-corrected chi connectivity index (χ1v) is 5.87. The highest BCUT2D eigenvalue weighted by Crippen LogP contribution is 2.07. The number of hydrogen-bond acceptors (Lipinski definition) is 4. The number of nitrogens with zero attached hydrogens (tertiary/aromatic N) is 1. The van der Waals surface area contributed by atoms with Gasteiger partial charge < -0.3 is 15.4 Å². The third-order valence-corrected chi connectivity index (χ3v) is 2.68. The molecule has 0 bridgehead atoms. The van der Waals surface area contributed by atoms with Gasteiger partial charge >= 0.3 is 0 Å². The van der Waals surface area contributed by atoms with Gasteiger partial charge in [0, 0.05) is 6.20 Å². The minimum atomic E-state index is -0.128. The van der Waals surface area contributed by atoms with Crippen LogP contribution in [0.3, 0.4) is 0 Å². The van der Waals surface area contributed by atoms with Crippen LogP contribution in [0.1, 0.15) is 12.8 Å². The smallest absolute Gasteiger partial charge is 0.250 e. The summed E-state index contributed by atoms with van der Waals surface area (Å²) in [7, 11) is 0. The number of aromatic nitrogens is 1. The highest BCUT2D eigenvalue weighted by atomic mass is 16.5. The van der Waals surface area contributed by atoms with Crippen LogP contribution in [0, 0.1) is 0 Å². The van der Waals surface area contributed by atoms with E-state index < -0.39 is 0 Å². The van der Waals surface area contributed by atoms with Crippen LogP contribution in [-0.4, -0.2) is 36.7 Å². The van der Waals surface area contributed by atoms with Crippen LogP contribution in [0.4, 0.5) is 5.69 Å². The molecule has 1 aliphatic heterocycles. The Hall–Kier alpha value is -1.46. The molecule has 1 aliphatic rings. The van der Waals surface area contributed by atoms with Gasteiger partial charge in [-0.25, -0.2) is 0 Å². The molecule has 0 saturated carbocycles. The number of carbonyl (C=O) groups excluding carboxylic acids is 1. The molecule has 1 fully saturated rings. The Balaban J connectivity index is 1.70. The fraction of sp³-hybridized carbons (Fsp3) is 0.500. The van der Waals surface area contributed by atoms with Crippen molar-refractivity contribution >= 4 is 11.6 Å². The second kappa shape index (κ2) is 6.32. The third kappa shape index (κ3) is 4.13. The molecule has 0 spiro atoms. The van der Waals surface area contributed by atoms with E-state index in [0.29, 0.717) is 5.69 Å². The number of amides is 1. The molecule has 0 atom stereocenters. The van der Waals surface area contributed by atoms with E-state index >= 15 is 0 Å². The lowest BCUT2D eigenvalue weighted by Crippen LogP contribution is -2.34. The molecule has 5 heteroatoms. The number of anilines is 1. The summed E-state index contributed by atoms with van der Waals surface area (Å²) in [6.07, 6.45) is 5.43. The van der Waals surface area contributed by atoms with Crippen LogP contribution < -0.4 is 10.6 Å². The average Bonchev–Trinajstić information content (AvgIpc) is 2.39. The molecule has 0 aliphatic carbocycles. The monoisotopic (exact) mass is 235 g/mol. The minimum absolute atomic E-state index is 0.111. The SMILES string of the molecule is O=C(COC1CCNCC1)Nc1cccnc1. The predicted molar refractivity (Wildman–Crippen MR) is 64.7 cm³/mol. The number of piperidine rings is 1. The Morgan fingerprint density at radius 3 is 3.06 bits per heavy atom. The van der Waals surface area contributed by atoms with E-state index in [1.807, 2.05) is 0 Å². The first-order valence-electron chi connectivity index (χ1n) is 5.87. The van der Waals surface area contributed by atoms with Gasteiger partial charge in [-0.05, 0) is 38.1 Å². The van der Waals surface area contributed by atoms with Crippen molar-refractivity contribution in [3.63, 3.8) is 0 Å². The molecule has 17 heavy (non-hydrogen) atoms. The van der Waals surface area contributed by atoms with Crippen molar-refractivity contribution in [1.29, 1.82) is 0 Å². The zero-order valence-corrected chi connectivity index (χ0v) is 9.69. The fourth-order valence-corrected chi connectivity index (χ4v) is 1.79. The van der Waals surface area contributed by atoms with E-state index in [-0.39, 0.29) is 18.6 Å². The summed E-state index contributed by atoms with van der Waals surface area (Å²) in [4.78, 5) is 15.5. The number of rotatable bonds is 4. The van der Waals surface area contributed by atoms with Gasteiger partial charge in [-0.1, -0.05) is 0 Å². The molecule has 1 aromatic rings. The van der Waals surface area contributed by atoms with Crippen molar-refractivity contribution in [3.8, 4) is 0 Å². The van der Waals surface area contributed by atoms with E-state index in [2.05, 4.69) is 15.6 Å². The quantitative estimate of drug-likeness (QED) is 0.810. The fourth-order valence-electron chi connectivity index (χ4n) is 1.79. The van der Waals surface area contributed by atoms with E-state index in [1.54, 1.807) is 24.5 Å². The van der Waals surface area contributed by atoms with Gasteiger partial charge in [0.2, 0.25) is 5.91 Å². The van der Waals surface area contributed by atoms with Crippen LogP contribution in [0.5, 0.6) is 0 Å². The highest BCUT2D eigenvalue weighted by molar-refractivity contribution is 5.91. The maximum Gasteiger partial charge on any atom is 0.250 e. The van der Waals surface area contributed by atoms with E-state index in [9.17, 15) is 4.79 Å². The van der Waals surface area contributed by atoms with Crippen molar-refractivity contribution in [3.05, 3.63) is 24.5 Å². The lowest BCUT2D eigenvalue weighted by Gasteiger charge is -2.22. The molecule has 2 rings (SSSR count). The molecule has 92 valence electrons. The average molecular weight is 235 g/mol. The zero-order valence-electron chi connectivity index (χ0n) is 9.69. The Bertz CT molecular complexity index is 350. The maximum absolute atomic E-state index is 11.6. The van der Waals surface area contributed by atoms with Gasteiger partial charge in [0.1, 0.15) is 6.61 Å². The highest BCUT2D eigenvalue weighted by Gasteiger charge is 2.14.